The monoisotopic (exact) mass is 410 g/mol. The average Bonchev–Trinajstić information content (AvgIpc) is 2.54. The molecule has 0 rings (SSSR count). The van der Waals surface area contributed by atoms with Crippen LogP contribution in [0.2, 0.25) is 0 Å². The van der Waals surface area contributed by atoms with Gasteiger partial charge in [-0.05, 0) is 41.5 Å². The summed E-state index contributed by atoms with van der Waals surface area (Å²) in [5.74, 6) is -7.93. The van der Waals surface area contributed by atoms with Crippen LogP contribution >= 0.6 is 0 Å². The Labute approximate surface area is 161 Å². The summed E-state index contributed by atoms with van der Waals surface area (Å²) >= 11 is 0. The summed E-state index contributed by atoms with van der Waals surface area (Å²) in [6.45, 7) is 9.14. The first-order valence-electron chi connectivity index (χ1n) is 7.84. The largest absolute Gasteiger partial charge is 0.478 e. The molecule has 0 heterocycles. The number of esters is 1. The molecule has 0 saturated carbocycles. The van der Waals surface area contributed by atoms with E-state index in [0.29, 0.717) is 24.3 Å². The van der Waals surface area contributed by atoms with Gasteiger partial charge in [0.25, 0.3) is 0 Å². The van der Waals surface area contributed by atoms with E-state index in [0.717, 1.165) is 0 Å². The summed E-state index contributed by atoms with van der Waals surface area (Å²) < 4.78 is 15.2. The molecule has 12 heteroatoms. The topological polar surface area (TPSA) is 170 Å². The molecule has 0 aromatic carbocycles. The summed E-state index contributed by atoms with van der Waals surface area (Å²) in [5.41, 5.74) is -2.06. The second-order valence-electron chi connectivity index (χ2n) is 7.34. The number of carbonyl (C=O) groups is 2. The summed E-state index contributed by atoms with van der Waals surface area (Å²) in [6.07, 6.45) is 2.36. The van der Waals surface area contributed by atoms with Crippen molar-refractivity contribution in [2.45, 2.75) is 64.7 Å². The number of ether oxygens (including phenoxy) is 3. The predicted octanol–water partition coefficient (Wildman–Crippen LogP) is 2.13. The van der Waals surface area contributed by atoms with Crippen molar-refractivity contribution >= 4 is 11.9 Å². The molecule has 0 saturated heterocycles. The Kier molecular flexibility index (Phi) is 9.36. The van der Waals surface area contributed by atoms with Crippen molar-refractivity contribution in [3.05, 3.63) is 24.3 Å². The Morgan fingerprint density at radius 2 is 1.11 bits per heavy atom. The van der Waals surface area contributed by atoms with Crippen molar-refractivity contribution in [2.75, 3.05) is 0 Å². The number of carboxylic acids is 1. The molecular formula is C16H26O12. The van der Waals surface area contributed by atoms with Crippen molar-refractivity contribution in [3.8, 4) is 0 Å². The van der Waals surface area contributed by atoms with Gasteiger partial charge in [0, 0.05) is 24.3 Å². The van der Waals surface area contributed by atoms with Crippen molar-refractivity contribution in [1.29, 1.82) is 0 Å². The number of aliphatic carboxylic acids is 1. The molecule has 0 aromatic heterocycles. The zero-order valence-corrected chi connectivity index (χ0v) is 16.4. The van der Waals surface area contributed by atoms with E-state index in [4.69, 9.17) is 35.1 Å². The first-order chi connectivity index (χ1) is 12.6. The molecule has 0 spiro atoms. The van der Waals surface area contributed by atoms with Crippen molar-refractivity contribution in [3.63, 3.8) is 0 Å². The molecule has 4 N–H and O–H groups in total. The van der Waals surface area contributed by atoms with Gasteiger partial charge in [-0.2, -0.15) is 14.7 Å². The molecule has 162 valence electrons. The predicted molar refractivity (Wildman–Crippen MR) is 90.3 cm³/mol. The molecule has 0 aliphatic carbocycles. The van der Waals surface area contributed by atoms with Crippen molar-refractivity contribution < 1.29 is 59.3 Å². The van der Waals surface area contributed by atoms with Crippen LogP contribution in [0.15, 0.2) is 24.3 Å². The lowest BCUT2D eigenvalue weighted by Gasteiger charge is -2.33. The number of rotatable bonds is 10. The van der Waals surface area contributed by atoms with Gasteiger partial charge in [0.15, 0.2) is 0 Å². The maximum absolute atomic E-state index is 12.1. The van der Waals surface area contributed by atoms with Gasteiger partial charge in [0.2, 0.25) is 0 Å². The lowest BCUT2D eigenvalue weighted by Crippen LogP contribution is -2.44. The maximum atomic E-state index is 12.1. The van der Waals surface area contributed by atoms with Gasteiger partial charge in [-0.25, -0.2) is 25.4 Å². The standard InChI is InChI=1S/C16H26O12/c1-13(2,3)24-15(26-20,9-7-11(17)18)23-12(19)8-10-16(27-21,28-22)25-14(4,5)6/h7-10,20-22H,1-6H3,(H,17,18). The summed E-state index contributed by atoms with van der Waals surface area (Å²) in [7, 11) is 0. The zero-order chi connectivity index (χ0) is 22.2. The van der Waals surface area contributed by atoms with Gasteiger partial charge in [0.1, 0.15) is 0 Å². The number of hydrogen-bond donors (Lipinski definition) is 4. The first-order valence-corrected chi connectivity index (χ1v) is 7.84. The summed E-state index contributed by atoms with van der Waals surface area (Å²) in [5, 5.41) is 35.8. The quantitative estimate of drug-likeness (QED) is 0.136. The molecule has 0 fully saturated rings. The Morgan fingerprint density at radius 3 is 1.46 bits per heavy atom. The van der Waals surface area contributed by atoms with Crippen LogP contribution in [-0.4, -0.2) is 56.0 Å². The highest BCUT2D eigenvalue weighted by molar-refractivity contribution is 5.83. The fourth-order valence-electron chi connectivity index (χ4n) is 1.68. The molecule has 12 nitrogen and oxygen atoms in total. The SMILES string of the molecule is CC(C)(C)OC(C=CC(=O)OC(C=CC(=O)O)(OO)OC(C)(C)C)(OO)OO. The van der Waals surface area contributed by atoms with E-state index >= 15 is 0 Å². The maximum Gasteiger partial charge on any atom is 0.379 e. The van der Waals surface area contributed by atoms with Crippen LogP contribution in [0.5, 0.6) is 0 Å². The van der Waals surface area contributed by atoms with E-state index < -0.39 is 35.1 Å². The van der Waals surface area contributed by atoms with E-state index in [9.17, 15) is 9.59 Å². The first kappa shape index (κ1) is 26.1. The number of carboxylic acid groups (broad SMARTS) is 1. The van der Waals surface area contributed by atoms with E-state index in [1.54, 1.807) is 0 Å². The van der Waals surface area contributed by atoms with Crippen LogP contribution in [-0.2, 0) is 38.5 Å². The molecule has 0 aliphatic heterocycles. The number of hydrogen-bond acceptors (Lipinski definition) is 11. The Bertz CT molecular complexity index is 579. The molecule has 0 aliphatic rings. The molecule has 0 bridgehead atoms. The number of carbonyl (C=O) groups excluding carboxylic acids is 1. The fraction of sp³-hybridized carbons (Fsp3) is 0.625. The Hall–Kier alpha value is -1.90. The highest BCUT2D eigenvalue weighted by Gasteiger charge is 2.41. The zero-order valence-electron chi connectivity index (χ0n) is 16.4. The molecule has 1 unspecified atom stereocenters. The van der Waals surface area contributed by atoms with Gasteiger partial charge < -0.3 is 19.3 Å². The average molecular weight is 410 g/mol. The highest BCUT2D eigenvalue weighted by atomic mass is 17.3. The minimum atomic E-state index is -2.62. The third-order valence-corrected chi connectivity index (χ3v) is 2.38. The van der Waals surface area contributed by atoms with Gasteiger partial charge in [0.05, 0.1) is 11.2 Å². The lowest BCUT2D eigenvalue weighted by molar-refractivity contribution is -0.551. The van der Waals surface area contributed by atoms with Crippen LogP contribution in [0.3, 0.4) is 0 Å². The van der Waals surface area contributed by atoms with Crippen LogP contribution in [0, 0.1) is 0 Å². The normalized spacial score (nSPS) is 15.8. The molecule has 28 heavy (non-hydrogen) atoms. The third kappa shape index (κ3) is 9.87. The van der Waals surface area contributed by atoms with Crippen LogP contribution in [0.1, 0.15) is 41.5 Å². The second-order valence-corrected chi connectivity index (χ2v) is 7.34. The summed E-state index contributed by atoms with van der Waals surface area (Å²) in [6, 6.07) is 0. The molecule has 0 amide bonds. The minimum absolute atomic E-state index is 0.514. The van der Waals surface area contributed by atoms with E-state index in [1.807, 2.05) is 0 Å². The van der Waals surface area contributed by atoms with E-state index in [2.05, 4.69) is 14.7 Å². The van der Waals surface area contributed by atoms with Crippen LogP contribution < -0.4 is 0 Å². The van der Waals surface area contributed by atoms with Crippen LogP contribution in [0.25, 0.3) is 0 Å². The fourth-order valence-corrected chi connectivity index (χ4v) is 1.68. The lowest BCUT2D eigenvalue weighted by atomic mass is 10.2. The second kappa shape index (κ2) is 10.0. The van der Waals surface area contributed by atoms with Gasteiger partial charge in [-0.1, -0.05) is 0 Å². The molecular weight excluding hydrogens is 384 g/mol. The minimum Gasteiger partial charge on any atom is -0.478 e. The van der Waals surface area contributed by atoms with Gasteiger partial charge in [-0.3, -0.25) is 0 Å². The third-order valence-electron chi connectivity index (χ3n) is 2.38. The Morgan fingerprint density at radius 1 is 0.714 bits per heavy atom. The highest BCUT2D eigenvalue weighted by Crippen LogP contribution is 2.26. The van der Waals surface area contributed by atoms with E-state index in [1.165, 1.54) is 41.5 Å². The van der Waals surface area contributed by atoms with Crippen molar-refractivity contribution in [1.82, 2.24) is 0 Å². The summed E-state index contributed by atoms with van der Waals surface area (Å²) in [4.78, 5) is 34.8. The Balaban J connectivity index is 5.66. The van der Waals surface area contributed by atoms with E-state index in [-0.39, 0.29) is 0 Å². The van der Waals surface area contributed by atoms with Gasteiger partial charge in [-0.15, -0.1) is 0 Å². The van der Waals surface area contributed by atoms with Crippen molar-refractivity contribution in [2.24, 2.45) is 0 Å². The smallest absolute Gasteiger partial charge is 0.379 e. The molecule has 0 radical (unpaired) electrons. The molecule has 0 aromatic rings. The van der Waals surface area contributed by atoms with Gasteiger partial charge >= 0.3 is 23.9 Å². The van der Waals surface area contributed by atoms with Crippen LogP contribution in [0.4, 0.5) is 0 Å². The molecule has 1 atom stereocenters.